The van der Waals surface area contributed by atoms with Gasteiger partial charge in [0.2, 0.25) is 0 Å². The van der Waals surface area contributed by atoms with Crippen molar-refractivity contribution in [1.82, 2.24) is 0 Å². The van der Waals surface area contributed by atoms with Crippen LogP contribution in [0.15, 0.2) is 12.2 Å². The molecule has 7 nitrogen and oxygen atoms in total. The van der Waals surface area contributed by atoms with Crippen LogP contribution in [-0.2, 0) is 28.6 Å². The fraction of sp³-hybridized carbons (Fsp3) is 0.737. The Bertz CT molecular complexity index is 1110. The number of aliphatic hydroxyl groups is 1. The molecule has 21 heteroatoms. The highest BCUT2D eigenvalue weighted by Gasteiger charge is 3.14. The Hall–Kier alpha value is -2.87. The lowest BCUT2D eigenvalue weighted by molar-refractivity contribution is -0.557. The van der Waals surface area contributed by atoms with E-state index < -0.39 is 96.6 Å². The summed E-state index contributed by atoms with van der Waals surface area (Å²) in [4.78, 5) is 34.5. The largest absolute Gasteiger partial charge is 0.451 e. The van der Waals surface area contributed by atoms with Crippen molar-refractivity contribution in [3.8, 4) is 0 Å². The van der Waals surface area contributed by atoms with Gasteiger partial charge in [0.15, 0.2) is 18.8 Å². The maximum Gasteiger partial charge on any atom is 0.345 e. The number of hydrogen-bond acceptors (Lipinski definition) is 7. The van der Waals surface area contributed by atoms with E-state index in [2.05, 4.69) is 20.8 Å². The first kappa shape index (κ1) is 33.3. The lowest BCUT2D eigenvalue weighted by Gasteiger charge is -2.68. The van der Waals surface area contributed by atoms with Crippen LogP contribution >= 0.6 is 0 Å². The zero-order chi connectivity index (χ0) is 31.9. The number of rotatable bonds is 7. The number of hydrogen-bond donors (Lipinski definition) is 1. The molecule has 4 unspecified atom stereocenters. The van der Waals surface area contributed by atoms with Gasteiger partial charge in [0, 0.05) is 5.57 Å². The quantitative estimate of drug-likeness (QED) is 0.201. The molecule has 2 aliphatic rings. The van der Waals surface area contributed by atoms with Gasteiger partial charge in [0.25, 0.3) is 6.43 Å². The van der Waals surface area contributed by atoms with Crippen LogP contribution in [0.5, 0.6) is 0 Å². The lowest BCUT2D eigenvalue weighted by atomic mass is 9.49. The van der Waals surface area contributed by atoms with Gasteiger partial charge in [-0.05, 0) is 13.8 Å². The molecule has 0 heterocycles. The summed E-state index contributed by atoms with van der Waals surface area (Å²) in [6, 6.07) is 0. The summed E-state index contributed by atoms with van der Waals surface area (Å²) in [5, 5.41) is 9.59. The first-order valence-electron chi connectivity index (χ1n) is 10.0. The Morgan fingerprint density at radius 1 is 0.725 bits per heavy atom. The molecule has 0 aromatic rings. The van der Waals surface area contributed by atoms with Gasteiger partial charge in [-0.3, -0.25) is 0 Å². The number of halogens is 14. The van der Waals surface area contributed by atoms with E-state index in [0.717, 1.165) is 6.92 Å². The molecule has 0 aromatic carbocycles. The maximum absolute atomic E-state index is 15.2. The van der Waals surface area contributed by atoms with Crippen molar-refractivity contribution in [1.29, 1.82) is 0 Å². The van der Waals surface area contributed by atoms with Gasteiger partial charge in [-0.1, -0.05) is 6.58 Å². The fourth-order valence-corrected chi connectivity index (χ4v) is 4.10. The number of carbonyl (C=O) groups is 3. The van der Waals surface area contributed by atoms with E-state index in [1.807, 2.05) is 0 Å². The molecule has 2 saturated carbocycles. The Kier molecular flexibility index (Phi) is 7.34. The molecule has 230 valence electrons. The van der Waals surface area contributed by atoms with Crippen molar-refractivity contribution >= 4 is 17.9 Å². The number of esters is 3. The number of ether oxygens (including phenoxy) is 3. The Labute approximate surface area is 212 Å². The second-order valence-corrected chi connectivity index (χ2v) is 8.79. The van der Waals surface area contributed by atoms with Gasteiger partial charge >= 0.3 is 64.5 Å². The van der Waals surface area contributed by atoms with E-state index in [0.29, 0.717) is 0 Å². The van der Waals surface area contributed by atoms with Crippen molar-refractivity contribution in [2.75, 3.05) is 13.2 Å². The molecule has 2 bridgehead atoms. The molecule has 0 aromatic heterocycles. The minimum Gasteiger partial charge on any atom is -0.451 e. The zero-order valence-corrected chi connectivity index (χ0v) is 19.4. The van der Waals surface area contributed by atoms with Crippen molar-refractivity contribution in [2.45, 2.75) is 72.4 Å². The predicted octanol–water partition coefficient (Wildman–Crippen LogP) is 3.57. The van der Waals surface area contributed by atoms with Crippen LogP contribution < -0.4 is 0 Å². The highest BCUT2D eigenvalue weighted by Crippen LogP contribution is 2.80. The Morgan fingerprint density at radius 2 is 1.18 bits per heavy atom. The van der Waals surface area contributed by atoms with Crippen LogP contribution in [0, 0.1) is 0 Å². The molecule has 4 atom stereocenters. The smallest absolute Gasteiger partial charge is 0.345 e. The van der Waals surface area contributed by atoms with Gasteiger partial charge in [-0.2, -0.15) is 43.9 Å². The summed E-state index contributed by atoms with van der Waals surface area (Å²) < 4.78 is 216. The number of carbonyl (C=O) groups excluding carboxylic acids is 3. The van der Waals surface area contributed by atoms with Crippen molar-refractivity contribution < 1.29 is 95.2 Å². The third-order valence-electron chi connectivity index (χ3n) is 6.35. The fourth-order valence-electron chi connectivity index (χ4n) is 4.10. The van der Waals surface area contributed by atoms with Crippen LogP contribution in [0.25, 0.3) is 0 Å². The van der Waals surface area contributed by atoms with E-state index >= 15 is 30.7 Å². The van der Waals surface area contributed by atoms with Gasteiger partial charge in [0.1, 0.15) is 0 Å². The second kappa shape index (κ2) is 8.81. The van der Waals surface area contributed by atoms with E-state index in [9.17, 15) is 50.2 Å². The van der Waals surface area contributed by atoms with Crippen LogP contribution in [0.2, 0.25) is 0 Å². The normalized spacial score (nSPS) is 36.4. The molecule has 0 spiro atoms. The monoisotopic (exact) mass is 620 g/mol. The van der Waals surface area contributed by atoms with Gasteiger partial charge in [-0.25, -0.2) is 31.9 Å². The number of alkyl halides is 14. The summed E-state index contributed by atoms with van der Waals surface area (Å²) >= 11 is 0. The second-order valence-electron chi connectivity index (χ2n) is 8.79. The molecule has 0 radical (unpaired) electrons. The van der Waals surface area contributed by atoms with Gasteiger partial charge in [-0.15, -0.1) is 0 Å². The molecular weight excluding hydrogens is 606 g/mol. The summed E-state index contributed by atoms with van der Waals surface area (Å²) in [6.07, 6.45) is -6.21. The molecule has 0 amide bonds. The van der Waals surface area contributed by atoms with Crippen LogP contribution in [0.1, 0.15) is 13.8 Å². The molecule has 2 aliphatic carbocycles. The molecule has 1 N–H and O–H groups in total. The van der Waals surface area contributed by atoms with Crippen LogP contribution in [0.3, 0.4) is 0 Å². The summed E-state index contributed by atoms with van der Waals surface area (Å²) in [6.45, 7) is -1.03. The number of fused-ring (bicyclic) bond motifs is 2. The van der Waals surface area contributed by atoms with Crippen LogP contribution in [0.4, 0.5) is 61.5 Å². The van der Waals surface area contributed by atoms with E-state index in [1.165, 1.54) is 0 Å². The third-order valence-corrected chi connectivity index (χ3v) is 6.35. The van der Waals surface area contributed by atoms with Crippen LogP contribution in [-0.4, -0.2) is 94.8 Å². The first-order chi connectivity index (χ1) is 17.6. The molecule has 0 aliphatic heterocycles. The molecular formula is C19H14F14O7. The van der Waals surface area contributed by atoms with Gasteiger partial charge < -0.3 is 19.3 Å². The highest BCUT2D eigenvalue weighted by molar-refractivity contribution is 5.88. The molecule has 40 heavy (non-hydrogen) atoms. The minimum absolute atomic E-state index is 0.350. The SMILES string of the molecule is C=C(C)C(=O)OCC(=O)OCC(=O)OC12C(F)(F)C(C)(O)C(F)(F)C(F)(C(F)(F)C(F)(C(F)F)C1(F)F)C2(F)F. The summed E-state index contributed by atoms with van der Waals surface area (Å²) in [7, 11) is 0. The minimum atomic E-state index is -8.00. The molecule has 2 rings (SSSR count). The van der Waals surface area contributed by atoms with Crippen molar-refractivity contribution in [3.63, 3.8) is 0 Å². The Morgan fingerprint density at radius 3 is 1.60 bits per heavy atom. The maximum atomic E-state index is 15.2. The van der Waals surface area contributed by atoms with Crippen molar-refractivity contribution in [2.24, 2.45) is 0 Å². The summed E-state index contributed by atoms with van der Waals surface area (Å²) in [5.41, 5.74) is -29.5. The molecule has 0 saturated heterocycles. The van der Waals surface area contributed by atoms with Crippen molar-refractivity contribution in [3.05, 3.63) is 12.2 Å². The average molecular weight is 620 g/mol. The van der Waals surface area contributed by atoms with Gasteiger partial charge in [0.05, 0.1) is 0 Å². The predicted molar refractivity (Wildman–Crippen MR) is 94.6 cm³/mol. The Balaban J connectivity index is 2.78. The topological polar surface area (TPSA) is 99.1 Å². The average Bonchev–Trinajstić information content (AvgIpc) is 2.80. The standard InChI is InChI=1S/C19H14F14O7/c1-6(2)9(36)39-4-7(34)38-5-8(35)40-14-16(26,27)11(3,37)15(24,25)13(23,19(14,32)33)17(28,29)12(22,10(20)21)18(14,30)31/h10,37H,1,4-5H2,2-3H3. The zero-order valence-electron chi connectivity index (χ0n) is 19.4. The third kappa shape index (κ3) is 3.25. The molecule has 2 fully saturated rings. The lowest BCUT2D eigenvalue weighted by Crippen LogP contribution is -3.01. The van der Waals surface area contributed by atoms with E-state index in [4.69, 9.17) is 0 Å². The van der Waals surface area contributed by atoms with E-state index in [-0.39, 0.29) is 5.57 Å². The summed E-state index contributed by atoms with van der Waals surface area (Å²) in [5.74, 6) is -45.0. The first-order valence-corrected chi connectivity index (χ1v) is 10.0. The highest BCUT2D eigenvalue weighted by atomic mass is 19.3. The van der Waals surface area contributed by atoms with E-state index in [1.54, 1.807) is 0 Å².